The summed E-state index contributed by atoms with van der Waals surface area (Å²) in [5.41, 5.74) is 1.48. The number of anilines is 2. The molecular weight excluding hydrogens is 328 g/mol. The standard InChI is InChI=1S/C19H20N6O/c20-14-15-2-4-16(5-3-15)25-9-6-17(18(25)26)23-10-12-24(13-11-23)19-21-7-1-8-22-19/h1-5,7-8,17H,6,9-13H2/t17-/m0/s1. The summed E-state index contributed by atoms with van der Waals surface area (Å²) in [7, 11) is 0. The highest BCUT2D eigenvalue weighted by molar-refractivity contribution is 5.99. The monoisotopic (exact) mass is 348 g/mol. The van der Waals surface area contributed by atoms with Gasteiger partial charge in [-0.1, -0.05) is 0 Å². The zero-order chi connectivity index (χ0) is 17.9. The van der Waals surface area contributed by atoms with Crippen molar-refractivity contribution in [3.63, 3.8) is 0 Å². The van der Waals surface area contributed by atoms with Gasteiger partial charge in [-0.25, -0.2) is 9.97 Å². The largest absolute Gasteiger partial charge is 0.338 e. The highest BCUT2D eigenvalue weighted by Gasteiger charge is 2.37. The van der Waals surface area contributed by atoms with Gasteiger partial charge >= 0.3 is 0 Å². The Morgan fingerprint density at radius 2 is 1.69 bits per heavy atom. The number of amides is 1. The predicted molar refractivity (Wildman–Crippen MR) is 97.7 cm³/mol. The number of benzene rings is 1. The zero-order valence-corrected chi connectivity index (χ0v) is 14.5. The average molecular weight is 348 g/mol. The van der Waals surface area contributed by atoms with E-state index in [1.165, 1.54) is 0 Å². The van der Waals surface area contributed by atoms with Crippen LogP contribution in [0.15, 0.2) is 42.7 Å². The molecule has 0 radical (unpaired) electrons. The molecule has 0 saturated carbocycles. The lowest BCUT2D eigenvalue weighted by atomic mass is 10.2. The van der Waals surface area contributed by atoms with Gasteiger partial charge in [0.25, 0.3) is 0 Å². The van der Waals surface area contributed by atoms with Crippen molar-refractivity contribution >= 4 is 17.5 Å². The van der Waals surface area contributed by atoms with Gasteiger partial charge in [0.2, 0.25) is 11.9 Å². The fourth-order valence-corrected chi connectivity index (χ4v) is 3.66. The Hall–Kier alpha value is -2.98. The summed E-state index contributed by atoms with van der Waals surface area (Å²) in [6, 6.07) is 11.1. The number of hydrogen-bond acceptors (Lipinski definition) is 6. The van der Waals surface area contributed by atoms with Gasteiger partial charge in [-0.15, -0.1) is 0 Å². The zero-order valence-electron chi connectivity index (χ0n) is 14.5. The van der Waals surface area contributed by atoms with Crippen molar-refractivity contribution in [3.8, 4) is 6.07 Å². The smallest absolute Gasteiger partial charge is 0.244 e. The van der Waals surface area contributed by atoms with Gasteiger partial charge in [-0.2, -0.15) is 5.26 Å². The van der Waals surface area contributed by atoms with Crippen LogP contribution in [0.4, 0.5) is 11.6 Å². The summed E-state index contributed by atoms with van der Waals surface area (Å²) in [5.74, 6) is 0.906. The van der Waals surface area contributed by atoms with Crippen molar-refractivity contribution in [1.82, 2.24) is 14.9 Å². The summed E-state index contributed by atoms with van der Waals surface area (Å²) in [6.07, 6.45) is 4.34. The molecule has 1 atom stereocenters. The van der Waals surface area contributed by atoms with Crippen LogP contribution in [0.25, 0.3) is 0 Å². The first kappa shape index (κ1) is 16.5. The van der Waals surface area contributed by atoms with Crippen molar-refractivity contribution in [2.45, 2.75) is 12.5 Å². The number of carbonyl (C=O) groups excluding carboxylic acids is 1. The fraction of sp³-hybridized carbons (Fsp3) is 0.368. The van der Waals surface area contributed by atoms with Crippen LogP contribution >= 0.6 is 0 Å². The second-order valence-corrected chi connectivity index (χ2v) is 6.52. The molecule has 3 heterocycles. The number of nitrogens with zero attached hydrogens (tertiary/aromatic N) is 6. The second kappa shape index (κ2) is 7.10. The van der Waals surface area contributed by atoms with Crippen LogP contribution in [0.3, 0.4) is 0 Å². The topological polar surface area (TPSA) is 76.4 Å². The molecule has 2 aliphatic heterocycles. The van der Waals surface area contributed by atoms with E-state index in [9.17, 15) is 4.79 Å². The highest BCUT2D eigenvalue weighted by atomic mass is 16.2. The van der Waals surface area contributed by atoms with Crippen LogP contribution in [-0.2, 0) is 4.79 Å². The van der Waals surface area contributed by atoms with Crippen LogP contribution in [0.2, 0.25) is 0 Å². The van der Waals surface area contributed by atoms with Crippen molar-refractivity contribution in [2.75, 3.05) is 42.5 Å². The summed E-state index contributed by atoms with van der Waals surface area (Å²) in [6.45, 7) is 4.03. The fourth-order valence-electron chi connectivity index (χ4n) is 3.66. The maximum atomic E-state index is 12.9. The van der Waals surface area contributed by atoms with Crippen LogP contribution in [0, 0.1) is 11.3 Å². The van der Waals surface area contributed by atoms with Gasteiger partial charge in [-0.3, -0.25) is 9.69 Å². The maximum Gasteiger partial charge on any atom is 0.244 e. The summed E-state index contributed by atoms with van der Waals surface area (Å²) < 4.78 is 0. The van der Waals surface area contributed by atoms with Crippen molar-refractivity contribution in [1.29, 1.82) is 5.26 Å². The molecule has 7 nitrogen and oxygen atoms in total. The third-order valence-corrected chi connectivity index (χ3v) is 5.08. The molecule has 0 bridgehead atoms. The maximum absolute atomic E-state index is 12.9. The van der Waals surface area contributed by atoms with E-state index in [4.69, 9.17) is 5.26 Å². The molecule has 2 saturated heterocycles. The summed E-state index contributed by atoms with van der Waals surface area (Å²) in [4.78, 5) is 27.8. The molecule has 1 amide bonds. The number of rotatable bonds is 3. The first-order valence-corrected chi connectivity index (χ1v) is 8.84. The van der Waals surface area contributed by atoms with Crippen molar-refractivity contribution in [2.24, 2.45) is 0 Å². The number of hydrogen-bond donors (Lipinski definition) is 0. The van der Waals surface area contributed by atoms with Gasteiger partial charge < -0.3 is 9.80 Å². The van der Waals surface area contributed by atoms with Gasteiger partial charge in [0.05, 0.1) is 17.7 Å². The normalized spacial score (nSPS) is 21.0. The number of piperazine rings is 1. The molecule has 0 unspecified atom stereocenters. The molecule has 0 N–H and O–H groups in total. The second-order valence-electron chi connectivity index (χ2n) is 6.52. The quantitative estimate of drug-likeness (QED) is 0.832. The molecule has 2 fully saturated rings. The van der Waals surface area contributed by atoms with Gasteiger partial charge in [-0.05, 0) is 36.8 Å². The molecule has 0 spiro atoms. The molecule has 132 valence electrons. The molecule has 1 aromatic heterocycles. The first-order chi connectivity index (χ1) is 12.8. The molecule has 26 heavy (non-hydrogen) atoms. The van der Waals surface area contributed by atoms with Crippen molar-refractivity contribution in [3.05, 3.63) is 48.3 Å². The van der Waals surface area contributed by atoms with E-state index in [2.05, 4.69) is 25.8 Å². The Balaban J connectivity index is 1.39. The highest BCUT2D eigenvalue weighted by Crippen LogP contribution is 2.25. The van der Waals surface area contributed by atoms with Crippen LogP contribution in [0.1, 0.15) is 12.0 Å². The van der Waals surface area contributed by atoms with Crippen LogP contribution in [-0.4, -0.2) is 59.5 Å². The number of carbonyl (C=O) groups is 1. The third-order valence-electron chi connectivity index (χ3n) is 5.08. The molecule has 2 aliphatic rings. The van der Waals surface area contributed by atoms with Gasteiger partial charge in [0.1, 0.15) is 0 Å². The van der Waals surface area contributed by atoms with E-state index < -0.39 is 0 Å². The Morgan fingerprint density at radius 1 is 1.00 bits per heavy atom. The average Bonchev–Trinajstić information content (AvgIpc) is 3.10. The number of nitriles is 1. The lowest BCUT2D eigenvalue weighted by molar-refractivity contribution is -0.121. The Labute approximate surface area is 152 Å². The SMILES string of the molecule is N#Cc1ccc(N2CC[C@H](N3CCN(c4ncccn4)CC3)C2=O)cc1. The van der Waals surface area contributed by atoms with Gasteiger partial charge in [0, 0.05) is 50.8 Å². The minimum atomic E-state index is -0.0653. The molecule has 2 aromatic rings. The predicted octanol–water partition coefficient (Wildman–Crippen LogP) is 1.28. The summed E-state index contributed by atoms with van der Waals surface area (Å²) >= 11 is 0. The van der Waals surface area contributed by atoms with E-state index in [0.29, 0.717) is 5.56 Å². The minimum absolute atomic E-state index is 0.0653. The Morgan fingerprint density at radius 3 is 2.35 bits per heavy atom. The lowest BCUT2D eigenvalue weighted by Crippen LogP contribution is -2.53. The Bertz CT molecular complexity index is 808. The van der Waals surface area contributed by atoms with Crippen molar-refractivity contribution < 1.29 is 4.79 Å². The van der Waals surface area contributed by atoms with Gasteiger partial charge in [0.15, 0.2) is 0 Å². The molecular formula is C19H20N6O. The lowest BCUT2D eigenvalue weighted by Gasteiger charge is -2.37. The minimum Gasteiger partial charge on any atom is -0.338 e. The Kier molecular flexibility index (Phi) is 4.50. The molecule has 7 heteroatoms. The van der Waals surface area contributed by atoms with E-state index in [-0.39, 0.29) is 11.9 Å². The van der Waals surface area contributed by atoms with Crippen LogP contribution in [0.5, 0.6) is 0 Å². The molecule has 0 aliphatic carbocycles. The molecule has 1 aromatic carbocycles. The number of aromatic nitrogens is 2. The van der Waals surface area contributed by atoms with E-state index in [1.807, 2.05) is 23.1 Å². The van der Waals surface area contributed by atoms with E-state index in [0.717, 1.165) is 50.8 Å². The van der Waals surface area contributed by atoms with Crippen LogP contribution < -0.4 is 9.80 Å². The third kappa shape index (κ3) is 3.11. The first-order valence-electron chi connectivity index (χ1n) is 8.84. The molecule has 4 rings (SSSR count). The summed E-state index contributed by atoms with van der Waals surface area (Å²) in [5, 5.41) is 8.91. The van der Waals surface area contributed by atoms with E-state index in [1.54, 1.807) is 24.5 Å². The van der Waals surface area contributed by atoms with E-state index >= 15 is 0 Å².